The molecule has 0 spiro atoms. The SMILES string of the molecule is CCCCC/C=C/C=C/CCCCCCCCC(=O)OC(CCCCCCCCCC)CC(=O)NC(CO)C(O)CCCCCCCCCCCCCCCCCC. The third kappa shape index (κ3) is 41.1. The molecule has 1 amide bonds. The molecule has 0 heterocycles. The Morgan fingerprint density at radius 2 is 0.862 bits per heavy atom. The van der Waals surface area contributed by atoms with Crippen molar-refractivity contribution in [2.45, 2.75) is 289 Å². The number of rotatable bonds is 46. The van der Waals surface area contributed by atoms with Gasteiger partial charge in [-0.1, -0.05) is 231 Å². The van der Waals surface area contributed by atoms with Crippen LogP contribution in [-0.4, -0.2) is 46.9 Å². The van der Waals surface area contributed by atoms with Gasteiger partial charge in [0.1, 0.15) is 6.10 Å². The fourth-order valence-corrected chi connectivity index (χ4v) is 7.89. The van der Waals surface area contributed by atoms with Crippen LogP contribution in [0.3, 0.4) is 0 Å². The van der Waals surface area contributed by atoms with Crippen molar-refractivity contribution >= 4 is 11.9 Å². The number of allylic oxidation sites excluding steroid dienone is 4. The van der Waals surface area contributed by atoms with E-state index in [1.54, 1.807) is 0 Å². The lowest BCUT2D eigenvalue weighted by Gasteiger charge is -2.24. The van der Waals surface area contributed by atoms with Gasteiger partial charge in [0, 0.05) is 6.42 Å². The first-order chi connectivity index (χ1) is 28.5. The molecule has 3 unspecified atom stereocenters. The molecule has 6 nitrogen and oxygen atoms in total. The smallest absolute Gasteiger partial charge is 0.306 e. The van der Waals surface area contributed by atoms with Crippen molar-refractivity contribution in [2.75, 3.05) is 6.61 Å². The van der Waals surface area contributed by atoms with Crippen LogP contribution < -0.4 is 5.32 Å². The summed E-state index contributed by atoms with van der Waals surface area (Å²) in [4.78, 5) is 26.0. The summed E-state index contributed by atoms with van der Waals surface area (Å²) in [5.41, 5.74) is 0. The molecule has 0 saturated carbocycles. The second kappa shape index (κ2) is 46.4. The molecule has 0 radical (unpaired) electrons. The summed E-state index contributed by atoms with van der Waals surface area (Å²) < 4.78 is 5.90. The van der Waals surface area contributed by atoms with Gasteiger partial charge in [0.05, 0.1) is 25.2 Å². The summed E-state index contributed by atoms with van der Waals surface area (Å²) in [6, 6.07) is -0.698. The molecule has 3 N–H and O–H groups in total. The molecule has 6 heteroatoms. The summed E-state index contributed by atoms with van der Waals surface area (Å²) in [5, 5.41) is 23.7. The highest BCUT2D eigenvalue weighted by molar-refractivity contribution is 5.77. The quantitative estimate of drug-likeness (QED) is 0.0323. The fraction of sp³-hybridized carbons (Fsp3) is 0.885. The largest absolute Gasteiger partial charge is 0.462 e. The number of carbonyl (C=O) groups is 2. The summed E-state index contributed by atoms with van der Waals surface area (Å²) in [6.45, 7) is 6.45. The molecule has 0 aliphatic rings. The van der Waals surface area contributed by atoms with Gasteiger partial charge in [-0.3, -0.25) is 9.59 Å². The number of aliphatic hydroxyl groups excluding tert-OH is 2. The van der Waals surface area contributed by atoms with E-state index in [0.717, 1.165) is 51.4 Å². The number of hydrogen-bond acceptors (Lipinski definition) is 5. The van der Waals surface area contributed by atoms with Gasteiger partial charge in [-0.15, -0.1) is 0 Å². The standard InChI is InChI=1S/C52H99NO5/c1-4-7-10-13-16-19-21-23-25-27-28-30-32-35-38-41-44-50(55)49(47-54)53-51(56)46-48(43-40-37-34-18-15-12-9-6-3)58-52(57)45-42-39-36-33-31-29-26-24-22-20-17-14-11-8-5-2/h17,20,22,24,48-50,54-55H,4-16,18-19,21,23,25-47H2,1-3H3,(H,53,56)/b20-17+,24-22+. The van der Waals surface area contributed by atoms with Gasteiger partial charge in [0.15, 0.2) is 0 Å². The first-order valence-corrected chi connectivity index (χ1v) is 25.6. The van der Waals surface area contributed by atoms with Crippen LogP contribution >= 0.6 is 0 Å². The Morgan fingerprint density at radius 3 is 1.31 bits per heavy atom. The van der Waals surface area contributed by atoms with E-state index in [4.69, 9.17) is 4.74 Å². The third-order valence-electron chi connectivity index (χ3n) is 11.8. The zero-order valence-electron chi connectivity index (χ0n) is 38.9. The van der Waals surface area contributed by atoms with Gasteiger partial charge in [0.25, 0.3) is 0 Å². The van der Waals surface area contributed by atoms with Crippen molar-refractivity contribution < 1.29 is 24.5 Å². The molecule has 0 aliphatic carbocycles. The highest BCUT2D eigenvalue weighted by Crippen LogP contribution is 2.18. The highest BCUT2D eigenvalue weighted by Gasteiger charge is 2.24. The lowest BCUT2D eigenvalue weighted by Crippen LogP contribution is -2.46. The van der Waals surface area contributed by atoms with E-state index >= 15 is 0 Å². The van der Waals surface area contributed by atoms with Crippen LogP contribution in [0, 0.1) is 0 Å². The second-order valence-electron chi connectivity index (χ2n) is 17.6. The molecule has 0 aromatic rings. The molecule has 0 bridgehead atoms. The maximum absolute atomic E-state index is 13.1. The van der Waals surface area contributed by atoms with Crippen molar-refractivity contribution in [1.82, 2.24) is 5.32 Å². The van der Waals surface area contributed by atoms with Gasteiger partial charge in [-0.2, -0.15) is 0 Å². The van der Waals surface area contributed by atoms with Gasteiger partial charge in [-0.25, -0.2) is 0 Å². The van der Waals surface area contributed by atoms with E-state index in [1.807, 2.05) is 0 Å². The van der Waals surface area contributed by atoms with Gasteiger partial charge in [-0.05, 0) is 51.4 Å². The van der Waals surface area contributed by atoms with E-state index in [0.29, 0.717) is 19.3 Å². The monoisotopic (exact) mass is 818 g/mol. The molecular weight excluding hydrogens is 719 g/mol. The predicted octanol–water partition coefficient (Wildman–Crippen LogP) is 15.1. The lowest BCUT2D eigenvalue weighted by atomic mass is 10.0. The van der Waals surface area contributed by atoms with Crippen LogP contribution in [0.15, 0.2) is 24.3 Å². The van der Waals surface area contributed by atoms with E-state index in [9.17, 15) is 19.8 Å². The third-order valence-corrected chi connectivity index (χ3v) is 11.8. The summed E-state index contributed by atoms with van der Waals surface area (Å²) in [6.07, 6.45) is 52.4. The Kier molecular flexibility index (Phi) is 45.1. The zero-order chi connectivity index (χ0) is 42.4. The number of hydrogen-bond donors (Lipinski definition) is 3. The number of amides is 1. The van der Waals surface area contributed by atoms with E-state index in [2.05, 4.69) is 50.4 Å². The molecule has 0 aromatic carbocycles. The zero-order valence-corrected chi connectivity index (χ0v) is 38.9. The number of nitrogens with one attached hydrogen (secondary N) is 1. The second-order valence-corrected chi connectivity index (χ2v) is 17.6. The first-order valence-electron chi connectivity index (χ1n) is 25.6. The minimum absolute atomic E-state index is 0.0770. The molecular formula is C52H99NO5. The van der Waals surface area contributed by atoms with Crippen LogP contribution in [-0.2, 0) is 14.3 Å². The minimum Gasteiger partial charge on any atom is -0.462 e. The molecule has 0 fully saturated rings. The molecule has 3 atom stereocenters. The summed E-state index contributed by atoms with van der Waals surface area (Å²) >= 11 is 0. The molecule has 58 heavy (non-hydrogen) atoms. The average Bonchev–Trinajstić information content (AvgIpc) is 3.22. The van der Waals surface area contributed by atoms with Crippen LogP contribution in [0.25, 0.3) is 0 Å². The van der Waals surface area contributed by atoms with Crippen molar-refractivity contribution in [2.24, 2.45) is 0 Å². The van der Waals surface area contributed by atoms with Crippen molar-refractivity contribution in [3.8, 4) is 0 Å². The van der Waals surface area contributed by atoms with Crippen LogP contribution in [0.1, 0.15) is 271 Å². The van der Waals surface area contributed by atoms with E-state index < -0.39 is 18.2 Å². The predicted molar refractivity (Wildman–Crippen MR) is 250 cm³/mol. The number of carbonyl (C=O) groups excluding carboxylic acids is 2. The first kappa shape index (κ1) is 56.3. The van der Waals surface area contributed by atoms with Crippen LogP contribution in [0.5, 0.6) is 0 Å². The number of ether oxygens (including phenoxy) is 1. The topological polar surface area (TPSA) is 95.9 Å². The summed E-state index contributed by atoms with van der Waals surface area (Å²) in [7, 11) is 0. The minimum atomic E-state index is -0.784. The van der Waals surface area contributed by atoms with Gasteiger partial charge >= 0.3 is 5.97 Å². The van der Waals surface area contributed by atoms with Crippen molar-refractivity contribution in [1.29, 1.82) is 0 Å². The summed E-state index contributed by atoms with van der Waals surface area (Å²) in [5.74, 6) is -0.479. The Bertz CT molecular complexity index is 919. The maximum Gasteiger partial charge on any atom is 0.306 e. The highest BCUT2D eigenvalue weighted by atomic mass is 16.5. The molecule has 342 valence electrons. The van der Waals surface area contributed by atoms with Crippen molar-refractivity contribution in [3.63, 3.8) is 0 Å². The van der Waals surface area contributed by atoms with Gasteiger partial charge in [0.2, 0.25) is 5.91 Å². The Labute approximate surface area is 361 Å². The normalized spacial score (nSPS) is 13.4. The number of aliphatic hydroxyl groups is 2. The molecule has 0 aromatic heterocycles. The molecule has 0 saturated heterocycles. The Hall–Kier alpha value is -1.66. The van der Waals surface area contributed by atoms with Crippen molar-refractivity contribution in [3.05, 3.63) is 24.3 Å². The average molecular weight is 818 g/mol. The molecule has 0 aliphatic heterocycles. The number of esters is 1. The van der Waals surface area contributed by atoms with E-state index in [-0.39, 0.29) is 24.9 Å². The maximum atomic E-state index is 13.1. The van der Waals surface area contributed by atoms with Crippen LogP contribution in [0.4, 0.5) is 0 Å². The fourth-order valence-electron chi connectivity index (χ4n) is 7.89. The Morgan fingerprint density at radius 1 is 0.500 bits per heavy atom. The van der Waals surface area contributed by atoms with E-state index in [1.165, 1.54) is 173 Å². The lowest BCUT2D eigenvalue weighted by molar-refractivity contribution is -0.151. The van der Waals surface area contributed by atoms with Crippen LogP contribution in [0.2, 0.25) is 0 Å². The van der Waals surface area contributed by atoms with Gasteiger partial charge < -0.3 is 20.3 Å². The molecule has 0 rings (SSSR count). The number of unbranched alkanes of at least 4 members (excludes halogenated alkanes) is 31. The Balaban J connectivity index is 4.40.